The van der Waals surface area contributed by atoms with E-state index in [9.17, 15) is 4.79 Å². The zero-order valence-electron chi connectivity index (χ0n) is 8.12. The van der Waals surface area contributed by atoms with Gasteiger partial charge in [-0.1, -0.05) is 29.3 Å². The predicted octanol–water partition coefficient (Wildman–Crippen LogP) is 3.18. The van der Waals surface area contributed by atoms with Gasteiger partial charge in [0.15, 0.2) is 0 Å². The molecule has 0 aliphatic carbocycles. The van der Waals surface area contributed by atoms with E-state index in [-0.39, 0.29) is 0 Å². The third kappa shape index (κ3) is 3.57. The fraction of sp³-hybridized carbons (Fsp3) is 0.182. The van der Waals surface area contributed by atoms with Crippen LogP contribution in [-0.2, 0) is 4.79 Å². The Morgan fingerprint density at radius 2 is 1.80 bits per heavy atom. The number of aldehydes is 1. The molecule has 15 heavy (non-hydrogen) atoms. The molecule has 2 nitrogen and oxygen atoms in total. The van der Waals surface area contributed by atoms with Gasteiger partial charge >= 0.3 is 0 Å². The van der Waals surface area contributed by atoms with Crippen LogP contribution in [0.2, 0.25) is 10.0 Å². The standard InChI is InChI=1S/C11H11Cl2NO/c1-2-3-14(4-5-15)11-7-9(12)6-10(13)8-11/h2,5-8H,1,3-4H2. The van der Waals surface area contributed by atoms with Crippen LogP contribution in [0.1, 0.15) is 0 Å². The van der Waals surface area contributed by atoms with Crippen molar-refractivity contribution >= 4 is 35.2 Å². The van der Waals surface area contributed by atoms with Crippen LogP contribution in [0, 0.1) is 0 Å². The lowest BCUT2D eigenvalue weighted by atomic mass is 10.3. The third-order valence-corrected chi connectivity index (χ3v) is 2.29. The van der Waals surface area contributed by atoms with Gasteiger partial charge in [-0.15, -0.1) is 6.58 Å². The van der Waals surface area contributed by atoms with Crippen LogP contribution in [0.5, 0.6) is 0 Å². The highest BCUT2D eigenvalue weighted by atomic mass is 35.5. The molecule has 0 fully saturated rings. The molecule has 0 radical (unpaired) electrons. The molecule has 0 aromatic heterocycles. The normalized spacial score (nSPS) is 9.73. The van der Waals surface area contributed by atoms with Crippen LogP contribution in [0.4, 0.5) is 5.69 Å². The maximum absolute atomic E-state index is 10.5. The first-order chi connectivity index (χ1) is 7.17. The number of nitrogens with zero attached hydrogens (tertiary/aromatic N) is 1. The molecule has 0 amide bonds. The smallest absolute Gasteiger partial charge is 0.139 e. The molecule has 0 atom stereocenters. The number of hydrogen-bond donors (Lipinski definition) is 0. The van der Waals surface area contributed by atoms with Crippen LogP contribution in [0.25, 0.3) is 0 Å². The highest BCUT2D eigenvalue weighted by Gasteiger charge is 2.05. The molecular formula is C11H11Cl2NO. The third-order valence-electron chi connectivity index (χ3n) is 1.86. The van der Waals surface area contributed by atoms with Crippen molar-refractivity contribution in [2.45, 2.75) is 0 Å². The molecular weight excluding hydrogens is 233 g/mol. The molecule has 4 heteroatoms. The Bertz CT molecular complexity index is 335. The van der Waals surface area contributed by atoms with E-state index in [1.807, 2.05) is 4.90 Å². The topological polar surface area (TPSA) is 20.3 Å². The summed E-state index contributed by atoms with van der Waals surface area (Å²) in [4.78, 5) is 12.3. The van der Waals surface area contributed by atoms with Gasteiger partial charge in [0.05, 0.1) is 6.54 Å². The van der Waals surface area contributed by atoms with Gasteiger partial charge < -0.3 is 9.69 Å². The quantitative estimate of drug-likeness (QED) is 0.585. The summed E-state index contributed by atoms with van der Waals surface area (Å²) in [5.74, 6) is 0. The summed E-state index contributed by atoms with van der Waals surface area (Å²) in [5, 5.41) is 1.11. The number of halogens is 2. The summed E-state index contributed by atoms with van der Waals surface area (Å²) < 4.78 is 0. The largest absolute Gasteiger partial charge is 0.361 e. The molecule has 0 heterocycles. The lowest BCUT2D eigenvalue weighted by Crippen LogP contribution is -2.25. The number of carbonyl (C=O) groups is 1. The second-order valence-electron chi connectivity index (χ2n) is 2.99. The first-order valence-electron chi connectivity index (χ1n) is 4.43. The number of rotatable bonds is 5. The summed E-state index contributed by atoms with van der Waals surface area (Å²) in [6.45, 7) is 4.50. The van der Waals surface area contributed by atoms with Crippen LogP contribution in [0.15, 0.2) is 30.9 Å². The predicted molar refractivity (Wildman–Crippen MR) is 64.9 cm³/mol. The van der Waals surface area contributed by atoms with Crippen molar-refractivity contribution in [1.29, 1.82) is 0 Å². The SMILES string of the molecule is C=CCN(CC=O)c1cc(Cl)cc(Cl)c1. The van der Waals surface area contributed by atoms with Gasteiger partial charge in [-0.2, -0.15) is 0 Å². The van der Waals surface area contributed by atoms with Crippen molar-refractivity contribution in [2.75, 3.05) is 18.0 Å². The van der Waals surface area contributed by atoms with Crippen molar-refractivity contribution < 1.29 is 4.79 Å². The highest BCUT2D eigenvalue weighted by molar-refractivity contribution is 6.35. The maximum atomic E-state index is 10.5. The Balaban J connectivity index is 2.98. The minimum absolute atomic E-state index is 0.294. The van der Waals surface area contributed by atoms with Crippen LogP contribution in [0.3, 0.4) is 0 Å². The summed E-state index contributed by atoms with van der Waals surface area (Å²) >= 11 is 11.7. The first kappa shape index (κ1) is 12.1. The zero-order chi connectivity index (χ0) is 11.3. The molecule has 0 bridgehead atoms. The number of anilines is 1. The van der Waals surface area contributed by atoms with Crippen molar-refractivity contribution in [3.8, 4) is 0 Å². The molecule has 1 aromatic rings. The van der Waals surface area contributed by atoms with Crippen molar-refractivity contribution in [2.24, 2.45) is 0 Å². The average Bonchev–Trinajstić information content (AvgIpc) is 2.16. The van der Waals surface area contributed by atoms with Crippen molar-refractivity contribution in [1.82, 2.24) is 0 Å². The number of benzene rings is 1. The monoisotopic (exact) mass is 243 g/mol. The van der Waals surface area contributed by atoms with Gasteiger partial charge in [0.2, 0.25) is 0 Å². The molecule has 0 saturated heterocycles. The molecule has 0 unspecified atom stereocenters. The molecule has 0 N–H and O–H groups in total. The van der Waals surface area contributed by atoms with E-state index in [0.717, 1.165) is 12.0 Å². The average molecular weight is 244 g/mol. The highest BCUT2D eigenvalue weighted by Crippen LogP contribution is 2.25. The maximum Gasteiger partial charge on any atom is 0.139 e. The van der Waals surface area contributed by atoms with Crippen LogP contribution < -0.4 is 4.90 Å². The molecule has 1 rings (SSSR count). The second-order valence-corrected chi connectivity index (χ2v) is 3.86. The molecule has 1 aromatic carbocycles. The Morgan fingerprint density at radius 3 is 2.27 bits per heavy atom. The van der Waals surface area contributed by atoms with E-state index in [1.54, 1.807) is 24.3 Å². The number of carbonyl (C=O) groups excluding carboxylic acids is 1. The zero-order valence-corrected chi connectivity index (χ0v) is 9.63. The lowest BCUT2D eigenvalue weighted by Gasteiger charge is -2.20. The molecule has 80 valence electrons. The van der Waals surface area contributed by atoms with E-state index in [1.165, 1.54) is 0 Å². The fourth-order valence-corrected chi connectivity index (χ4v) is 1.77. The summed E-state index contributed by atoms with van der Waals surface area (Å²) in [7, 11) is 0. The van der Waals surface area contributed by atoms with Gasteiger partial charge in [0, 0.05) is 22.3 Å². The number of hydrogen-bond acceptors (Lipinski definition) is 2. The molecule has 0 aliphatic rings. The molecule has 0 saturated carbocycles. The summed E-state index contributed by atoms with van der Waals surface area (Å²) in [6, 6.07) is 5.18. The van der Waals surface area contributed by atoms with Gasteiger partial charge in [0.1, 0.15) is 6.29 Å². The van der Waals surface area contributed by atoms with Gasteiger partial charge in [0.25, 0.3) is 0 Å². The van der Waals surface area contributed by atoms with E-state index in [4.69, 9.17) is 23.2 Å². The summed E-state index contributed by atoms with van der Waals surface area (Å²) in [6.07, 6.45) is 2.55. The first-order valence-corrected chi connectivity index (χ1v) is 5.18. The van der Waals surface area contributed by atoms with Crippen molar-refractivity contribution in [3.63, 3.8) is 0 Å². The van der Waals surface area contributed by atoms with Crippen molar-refractivity contribution in [3.05, 3.63) is 40.9 Å². The van der Waals surface area contributed by atoms with E-state index < -0.39 is 0 Å². The van der Waals surface area contributed by atoms with Gasteiger partial charge in [-0.25, -0.2) is 0 Å². The Labute approximate surface area is 99.1 Å². The van der Waals surface area contributed by atoms with Crippen LogP contribution in [-0.4, -0.2) is 19.4 Å². The lowest BCUT2D eigenvalue weighted by molar-refractivity contribution is -0.106. The van der Waals surface area contributed by atoms with E-state index in [0.29, 0.717) is 23.1 Å². The Kier molecular flexibility index (Phi) is 4.66. The molecule has 0 aliphatic heterocycles. The van der Waals surface area contributed by atoms with Crippen LogP contribution >= 0.6 is 23.2 Å². The Hall–Kier alpha value is -0.990. The second kappa shape index (κ2) is 5.79. The van der Waals surface area contributed by atoms with E-state index >= 15 is 0 Å². The minimum Gasteiger partial charge on any atom is -0.361 e. The molecule has 0 spiro atoms. The summed E-state index contributed by atoms with van der Waals surface area (Å²) in [5.41, 5.74) is 0.819. The minimum atomic E-state index is 0.294. The van der Waals surface area contributed by atoms with E-state index in [2.05, 4.69) is 6.58 Å². The van der Waals surface area contributed by atoms with Gasteiger partial charge in [-0.3, -0.25) is 0 Å². The fourth-order valence-electron chi connectivity index (χ4n) is 1.25. The Morgan fingerprint density at radius 1 is 1.20 bits per heavy atom. The van der Waals surface area contributed by atoms with Gasteiger partial charge in [-0.05, 0) is 18.2 Å².